The molecule has 1 fully saturated rings. The van der Waals surface area contributed by atoms with Crippen LogP contribution in [0.1, 0.15) is 12.0 Å². The molecular weight excluding hydrogens is 429 g/mol. The lowest BCUT2D eigenvalue weighted by Gasteiger charge is -2.38. The molecule has 1 saturated heterocycles. The molecule has 0 unspecified atom stereocenters. The number of likely N-dealkylation sites (tertiary alicyclic amines) is 1. The molecule has 0 saturated carbocycles. The molecular formula is C21H21F3N4O4. The number of ether oxygens (including phenoxy) is 2. The fraction of sp³-hybridized carbons (Fsp3) is 0.333. The van der Waals surface area contributed by atoms with Crippen LogP contribution in [0.3, 0.4) is 0 Å². The molecule has 2 aliphatic rings. The summed E-state index contributed by atoms with van der Waals surface area (Å²) in [5, 5.41) is 3.66. The van der Waals surface area contributed by atoms with E-state index in [1.54, 1.807) is 24.3 Å². The molecule has 2 heterocycles. The van der Waals surface area contributed by atoms with Gasteiger partial charge in [0.15, 0.2) is 0 Å². The molecule has 32 heavy (non-hydrogen) atoms. The van der Waals surface area contributed by atoms with Crippen molar-refractivity contribution < 1.29 is 32.2 Å². The lowest BCUT2D eigenvalue weighted by atomic mass is 9.89. The second-order valence-corrected chi connectivity index (χ2v) is 7.43. The van der Waals surface area contributed by atoms with Crippen molar-refractivity contribution in [2.75, 3.05) is 31.1 Å². The normalized spacial score (nSPS) is 21.4. The Morgan fingerprint density at radius 1 is 1.16 bits per heavy atom. The first-order chi connectivity index (χ1) is 15.2. The van der Waals surface area contributed by atoms with Gasteiger partial charge in [-0.15, -0.1) is 0 Å². The monoisotopic (exact) mass is 450 g/mol. The maximum atomic E-state index is 13.5. The summed E-state index contributed by atoms with van der Waals surface area (Å²) in [6.07, 6.45) is -6.29. The number of hydrogen-bond acceptors (Lipinski definition) is 6. The Kier molecular flexibility index (Phi) is 5.37. The average molecular weight is 450 g/mol. The van der Waals surface area contributed by atoms with Crippen molar-refractivity contribution in [3.63, 3.8) is 0 Å². The van der Waals surface area contributed by atoms with Gasteiger partial charge in [0.1, 0.15) is 17.5 Å². The van der Waals surface area contributed by atoms with Gasteiger partial charge in [0, 0.05) is 17.8 Å². The van der Waals surface area contributed by atoms with Gasteiger partial charge in [0.05, 0.1) is 19.9 Å². The summed E-state index contributed by atoms with van der Waals surface area (Å²) in [6, 6.07) is 12.6. The van der Waals surface area contributed by atoms with Crippen molar-refractivity contribution in [1.29, 1.82) is 0 Å². The van der Waals surface area contributed by atoms with Crippen LogP contribution in [0.4, 0.5) is 29.3 Å². The number of amides is 2. The summed E-state index contributed by atoms with van der Waals surface area (Å²) in [7, 11) is 2.66. The quantitative estimate of drug-likeness (QED) is 0.697. The SMILES string of the molecule is COC(=O)N1CC[C@]2(NN(C(=O)C(F)(F)F)c3ccc(OC)cc3)c3ccccc3N[C@H]12. The van der Waals surface area contributed by atoms with Crippen LogP contribution in [0.2, 0.25) is 0 Å². The molecule has 2 amide bonds. The van der Waals surface area contributed by atoms with Crippen LogP contribution in [-0.4, -0.2) is 50.0 Å². The van der Waals surface area contributed by atoms with Crippen LogP contribution in [0.25, 0.3) is 0 Å². The van der Waals surface area contributed by atoms with Crippen LogP contribution in [0, 0.1) is 0 Å². The molecule has 0 bridgehead atoms. The smallest absolute Gasteiger partial charge is 0.473 e. The number of methoxy groups -OCH3 is 2. The third kappa shape index (κ3) is 3.48. The first kappa shape index (κ1) is 21.8. The molecule has 0 spiro atoms. The van der Waals surface area contributed by atoms with Crippen molar-refractivity contribution in [3.8, 4) is 5.75 Å². The number of nitrogens with one attached hydrogen (secondary N) is 2. The maximum Gasteiger partial charge on any atom is 0.473 e. The molecule has 2 aromatic carbocycles. The largest absolute Gasteiger partial charge is 0.497 e. The number of para-hydroxylation sites is 1. The minimum Gasteiger partial charge on any atom is -0.497 e. The first-order valence-electron chi connectivity index (χ1n) is 9.75. The molecule has 0 radical (unpaired) electrons. The fourth-order valence-electron chi connectivity index (χ4n) is 4.24. The summed E-state index contributed by atoms with van der Waals surface area (Å²) >= 11 is 0. The predicted molar refractivity (Wildman–Crippen MR) is 109 cm³/mol. The van der Waals surface area contributed by atoms with Crippen molar-refractivity contribution in [2.24, 2.45) is 0 Å². The van der Waals surface area contributed by atoms with E-state index in [0.717, 1.165) is 0 Å². The minimum absolute atomic E-state index is 0.0258. The van der Waals surface area contributed by atoms with Gasteiger partial charge < -0.3 is 14.8 Å². The highest BCUT2D eigenvalue weighted by Crippen LogP contribution is 2.47. The molecule has 11 heteroatoms. The van der Waals surface area contributed by atoms with Crippen molar-refractivity contribution in [3.05, 3.63) is 54.1 Å². The topological polar surface area (TPSA) is 83.1 Å². The van der Waals surface area contributed by atoms with Crippen molar-refractivity contribution in [1.82, 2.24) is 10.3 Å². The molecule has 4 rings (SSSR count). The van der Waals surface area contributed by atoms with Gasteiger partial charge in [-0.1, -0.05) is 18.2 Å². The van der Waals surface area contributed by atoms with E-state index in [4.69, 9.17) is 9.47 Å². The highest BCUT2D eigenvalue weighted by atomic mass is 19.4. The molecule has 2 aliphatic heterocycles. The zero-order valence-electron chi connectivity index (χ0n) is 17.3. The van der Waals surface area contributed by atoms with E-state index in [1.165, 1.54) is 43.4 Å². The number of carbonyl (C=O) groups excluding carboxylic acids is 2. The number of rotatable bonds is 4. The van der Waals surface area contributed by atoms with E-state index in [-0.39, 0.29) is 18.7 Å². The zero-order valence-corrected chi connectivity index (χ0v) is 17.3. The summed E-state index contributed by atoms with van der Waals surface area (Å²) in [5.41, 5.74) is 2.89. The Bertz CT molecular complexity index is 1030. The predicted octanol–water partition coefficient (Wildman–Crippen LogP) is 3.21. The highest BCUT2D eigenvalue weighted by molar-refractivity contribution is 5.96. The first-order valence-corrected chi connectivity index (χ1v) is 9.75. The molecule has 0 aromatic heterocycles. The maximum absolute atomic E-state index is 13.5. The van der Waals surface area contributed by atoms with Crippen LogP contribution >= 0.6 is 0 Å². The third-order valence-corrected chi connectivity index (χ3v) is 5.72. The van der Waals surface area contributed by atoms with Gasteiger partial charge in [-0.2, -0.15) is 13.2 Å². The Morgan fingerprint density at radius 3 is 2.47 bits per heavy atom. The number of hydrogen-bond donors (Lipinski definition) is 2. The van der Waals surface area contributed by atoms with Crippen LogP contribution < -0.4 is 20.5 Å². The van der Waals surface area contributed by atoms with E-state index in [0.29, 0.717) is 22.0 Å². The average Bonchev–Trinajstić information content (AvgIpc) is 3.30. The van der Waals surface area contributed by atoms with Gasteiger partial charge in [-0.25, -0.2) is 15.2 Å². The number of halogens is 3. The lowest BCUT2D eigenvalue weighted by molar-refractivity contribution is -0.171. The molecule has 2 atom stereocenters. The Hall–Kier alpha value is -3.47. The van der Waals surface area contributed by atoms with E-state index in [1.807, 2.05) is 0 Å². The lowest BCUT2D eigenvalue weighted by Crippen LogP contribution is -2.62. The molecule has 170 valence electrons. The van der Waals surface area contributed by atoms with Gasteiger partial charge in [-0.3, -0.25) is 9.69 Å². The molecule has 2 aromatic rings. The summed E-state index contributed by atoms with van der Waals surface area (Å²) in [5.74, 6) is -1.66. The van der Waals surface area contributed by atoms with Crippen molar-refractivity contribution in [2.45, 2.75) is 24.3 Å². The van der Waals surface area contributed by atoms with Crippen molar-refractivity contribution >= 4 is 23.4 Å². The van der Waals surface area contributed by atoms with E-state index in [2.05, 4.69) is 10.7 Å². The second-order valence-electron chi connectivity index (χ2n) is 7.43. The van der Waals surface area contributed by atoms with Crippen LogP contribution in [0.5, 0.6) is 5.75 Å². The Morgan fingerprint density at radius 2 is 1.84 bits per heavy atom. The summed E-state index contributed by atoms with van der Waals surface area (Å²) in [4.78, 5) is 26.2. The number of alkyl halides is 3. The number of carbonyl (C=O) groups is 2. The van der Waals surface area contributed by atoms with E-state index >= 15 is 0 Å². The Labute approximate surface area is 181 Å². The van der Waals surface area contributed by atoms with Gasteiger partial charge >= 0.3 is 18.2 Å². The van der Waals surface area contributed by atoms with Gasteiger partial charge in [0.25, 0.3) is 0 Å². The number of anilines is 2. The Balaban J connectivity index is 1.79. The van der Waals surface area contributed by atoms with Crippen LogP contribution in [-0.2, 0) is 15.1 Å². The molecule has 8 nitrogen and oxygen atoms in total. The van der Waals surface area contributed by atoms with Gasteiger partial charge in [-0.05, 0) is 36.8 Å². The number of nitrogens with zero attached hydrogens (tertiary/aromatic N) is 2. The standard InChI is InChI=1S/C21H21F3N4O4/c1-31-14-9-7-13(8-10-14)28(18(29)21(22,23)24)26-20-11-12-27(19(30)32-2)17(20)25-16-6-4-3-5-15(16)20/h3-10,17,25-26H,11-12H2,1-2H3/t17-,20+/m1/s1. The minimum atomic E-state index is -5.13. The number of hydrazine groups is 1. The highest BCUT2D eigenvalue weighted by Gasteiger charge is 2.58. The van der Waals surface area contributed by atoms with E-state index in [9.17, 15) is 22.8 Å². The second kappa shape index (κ2) is 7.90. The number of fused-ring (bicyclic) bond motifs is 3. The summed E-state index contributed by atoms with van der Waals surface area (Å²) < 4.78 is 50.5. The summed E-state index contributed by atoms with van der Waals surface area (Å²) in [6.45, 7) is 0.211. The van der Waals surface area contributed by atoms with E-state index < -0.39 is 29.9 Å². The third-order valence-electron chi connectivity index (χ3n) is 5.72. The number of benzene rings is 2. The van der Waals surface area contributed by atoms with Crippen LogP contribution in [0.15, 0.2) is 48.5 Å². The van der Waals surface area contributed by atoms with Gasteiger partial charge in [0.2, 0.25) is 0 Å². The molecule has 0 aliphatic carbocycles. The fourth-order valence-corrected chi connectivity index (χ4v) is 4.24. The molecule has 2 N–H and O–H groups in total. The zero-order chi connectivity index (χ0) is 23.1.